The Morgan fingerprint density at radius 1 is 1.29 bits per heavy atom. The van der Waals surface area contributed by atoms with Crippen molar-refractivity contribution < 1.29 is 9.18 Å². The molecule has 0 saturated carbocycles. The summed E-state index contributed by atoms with van der Waals surface area (Å²) in [6.45, 7) is 4.16. The number of amides is 1. The first kappa shape index (κ1) is 15.0. The molecule has 0 aliphatic heterocycles. The van der Waals surface area contributed by atoms with Crippen LogP contribution >= 0.6 is 0 Å². The Labute approximate surface area is 123 Å². The van der Waals surface area contributed by atoms with Crippen molar-refractivity contribution in [2.75, 3.05) is 17.7 Å². The average molecular weight is 287 g/mol. The number of aromatic nitrogens is 1. The third-order valence-electron chi connectivity index (χ3n) is 3.15. The number of rotatable bonds is 4. The van der Waals surface area contributed by atoms with E-state index in [0.29, 0.717) is 17.4 Å². The Hall–Kier alpha value is -2.43. The van der Waals surface area contributed by atoms with E-state index in [-0.39, 0.29) is 5.56 Å². The summed E-state index contributed by atoms with van der Waals surface area (Å²) in [5.41, 5.74) is 1.98. The Bertz CT molecular complexity index is 656. The standard InChI is InChI=1S/C16H18FN3O/c1-10(2)11-5-4-6-13(7-11)20-16(21)14-8-12(17)9-19-15(14)18-3/h4-10H,1-3H3,(H,18,19)(H,20,21). The number of carbonyl (C=O) groups excluding carboxylic acids is 1. The number of carbonyl (C=O) groups is 1. The maximum Gasteiger partial charge on any atom is 0.259 e. The zero-order valence-electron chi connectivity index (χ0n) is 12.3. The van der Waals surface area contributed by atoms with Gasteiger partial charge in [-0.25, -0.2) is 9.37 Å². The zero-order valence-corrected chi connectivity index (χ0v) is 12.3. The SMILES string of the molecule is CNc1ncc(F)cc1C(=O)Nc1cccc(C(C)C)c1. The van der Waals surface area contributed by atoms with Gasteiger partial charge in [0.1, 0.15) is 11.6 Å². The van der Waals surface area contributed by atoms with Crippen molar-refractivity contribution in [2.24, 2.45) is 0 Å². The molecule has 0 saturated heterocycles. The topological polar surface area (TPSA) is 54.0 Å². The van der Waals surface area contributed by atoms with Gasteiger partial charge in [0.05, 0.1) is 11.8 Å². The molecule has 0 bridgehead atoms. The minimum atomic E-state index is -0.546. The molecule has 1 heterocycles. The van der Waals surface area contributed by atoms with E-state index < -0.39 is 11.7 Å². The molecule has 0 radical (unpaired) electrons. The number of nitrogens with zero attached hydrogens (tertiary/aromatic N) is 1. The van der Waals surface area contributed by atoms with Crippen molar-refractivity contribution in [3.8, 4) is 0 Å². The van der Waals surface area contributed by atoms with Crippen molar-refractivity contribution >= 4 is 17.4 Å². The predicted molar refractivity (Wildman–Crippen MR) is 82.2 cm³/mol. The summed E-state index contributed by atoms with van der Waals surface area (Å²) in [6.07, 6.45) is 1.07. The quantitative estimate of drug-likeness (QED) is 0.902. The highest BCUT2D eigenvalue weighted by molar-refractivity contribution is 6.07. The molecule has 0 atom stereocenters. The zero-order chi connectivity index (χ0) is 15.4. The first-order chi connectivity index (χ1) is 10.0. The smallest absolute Gasteiger partial charge is 0.259 e. The van der Waals surface area contributed by atoms with Crippen LogP contribution in [0.25, 0.3) is 0 Å². The van der Waals surface area contributed by atoms with Crippen molar-refractivity contribution in [1.29, 1.82) is 0 Å². The number of benzene rings is 1. The number of hydrogen-bond donors (Lipinski definition) is 2. The van der Waals surface area contributed by atoms with Crippen LogP contribution in [0, 0.1) is 5.82 Å². The van der Waals surface area contributed by atoms with Crippen molar-refractivity contribution in [3.63, 3.8) is 0 Å². The second-order valence-electron chi connectivity index (χ2n) is 5.03. The van der Waals surface area contributed by atoms with E-state index in [1.807, 2.05) is 18.2 Å². The highest BCUT2D eigenvalue weighted by Crippen LogP contribution is 2.20. The molecule has 21 heavy (non-hydrogen) atoms. The molecule has 1 aromatic heterocycles. The lowest BCUT2D eigenvalue weighted by atomic mass is 10.0. The molecule has 0 fully saturated rings. The third kappa shape index (κ3) is 3.56. The van der Waals surface area contributed by atoms with E-state index >= 15 is 0 Å². The van der Waals surface area contributed by atoms with Gasteiger partial charge in [-0.1, -0.05) is 26.0 Å². The van der Waals surface area contributed by atoms with Gasteiger partial charge in [-0.2, -0.15) is 0 Å². The molecule has 1 amide bonds. The molecule has 0 aliphatic rings. The van der Waals surface area contributed by atoms with Crippen LogP contribution in [0.15, 0.2) is 36.5 Å². The summed E-state index contributed by atoms with van der Waals surface area (Å²) in [4.78, 5) is 16.1. The summed E-state index contributed by atoms with van der Waals surface area (Å²) < 4.78 is 13.3. The van der Waals surface area contributed by atoms with Crippen molar-refractivity contribution in [2.45, 2.75) is 19.8 Å². The second-order valence-corrected chi connectivity index (χ2v) is 5.03. The van der Waals surface area contributed by atoms with Crippen LogP contribution < -0.4 is 10.6 Å². The van der Waals surface area contributed by atoms with Gasteiger partial charge in [-0.05, 0) is 29.7 Å². The molecular weight excluding hydrogens is 269 g/mol. The number of pyridine rings is 1. The fourth-order valence-corrected chi connectivity index (χ4v) is 1.99. The third-order valence-corrected chi connectivity index (χ3v) is 3.15. The van der Waals surface area contributed by atoms with Crippen molar-refractivity contribution in [3.05, 3.63) is 53.5 Å². The van der Waals surface area contributed by atoms with Crippen LogP contribution in [0.5, 0.6) is 0 Å². The maximum atomic E-state index is 13.3. The van der Waals surface area contributed by atoms with Crippen LogP contribution in [-0.2, 0) is 0 Å². The van der Waals surface area contributed by atoms with Gasteiger partial charge >= 0.3 is 0 Å². The summed E-state index contributed by atoms with van der Waals surface area (Å²) in [5, 5.41) is 5.55. The van der Waals surface area contributed by atoms with Gasteiger partial charge in [0.2, 0.25) is 0 Å². The molecule has 0 aliphatic carbocycles. The Morgan fingerprint density at radius 3 is 2.71 bits per heavy atom. The monoisotopic (exact) mass is 287 g/mol. The lowest BCUT2D eigenvalue weighted by molar-refractivity contribution is 0.102. The van der Waals surface area contributed by atoms with Crippen LogP contribution in [0.3, 0.4) is 0 Å². The molecule has 0 spiro atoms. The molecule has 5 heteroatoms. The first-order valence-electron chi connectivity index (χ1n) is 6.76. The summed E-state index contributed by atoms with van der Waals surface area (Å²) >= 11 is 0. The number of anilines is 2. The minimum Gasteiger partial charge on any atom is -0.372 e. The Balaban J connectivity index is 2.26. The lowest BCUT2D eigenvalue weighted by Crippen LogP contribution is -2.15. The second kappa shape index (κ2) is 6.35. The van der Waals surface area contributed by atoms with Crippen LogP contribution in [0.4, 0.5) is 15.9 Å². The Kier molecular flexibility index (Phi) is 4.52. The van der Waals surface area contributed by atoms with Gasteiger partial charge in [-0.3, -0.25) is 4.79 Å². The molecular formula is C16H18FN3O. The molecule has 0 unspecified atom stereocenters. The largest absolute Gasteiger partial charge is 0.372 e. The van der Waals surface area contributed by atoms with Gasteiger partial charge in [0.15, 0.2) is 0 Å². The number of halogens is 1. The van der Waals surface area contributed by atoms with E-state index in [0.717, 1.165) is 11.8 Å². The van der Waals surface area contributed by atoms with E-state index in [2.05, 4.69) is 29.5 Å². The van der Waals surface area contributed by atoms with Crippen LogP contribution in [-0.4, -0.2) is 17.9 Å². The lowest BCUT2D eigenvalue weighted by Gasteiger charge is -2.11. The summed E-state index contributed by atoms with van der Waals surface area (Å²) in [7, 11) is 1.64. The van der Waals surface area contributed by atoms with E-state index in [1.165, 1.54) is 6.07 Å². The molecule has 110 valence electrons. The first-order valence-corrected chi connectivity index (χ1v) is 6.76. The predicted octanol–water partition coefficient (Wildman–Crippen LogP) is 3.64. The van der Waals surface area contributed by atoms with Crippen molar-refractivity contribution in [1.82, 2.24) is 4.98 Å². The molecule has 1 aromatic carbocycles. The number of hydrogen-bond acceptors (Lipinski definition) is 3. The van der Waals surface area contributed by atoms with Crippen LogP contribution in [0.1, 0.15) is 35.7 Å². The minimum absolute atomic E-state index is 0.174. The van der Waals surface area contributed by atoms with Gasteiger partial charge in [0, 0.05) is 12.7 Å². The summed E-state index contributed by atoms with van der Waals surface area (Å²) in [5.74, 6) is -0.234. The molecule has 2 rings (SSSR count). The number of nitrogens with one attached hydrogen (secondary N) is 2. The molecule has 4 nitrogen and oxygen atoms in total. The Morgan fingerprint density at radius 2 is 2.05 bits per heavy atom. The van der Waals surface area contributed by atoms with Gasteiger partial charge < -0.3 is 10.6 Å². The summed E-state index contributed by atoms with van der Waals surface area (Å²) in [6, 6.07) is 8.77. The van der Waals surface area contributed by atoms with Gasteiger partial charge in [0.25, 0.3) is 5.91 Å². The fourth-order valence-electron chi connectivity index (χ4n) is 1.99. The average Bonchev–Trinajstić information content (AvgIpc) is 2.47. The normalized spacial score (nSPS) is 10.5. The molecule has 2 N–H and O–H groups in total. The maximum absolute atomic E-state index is 13.3. The fraction of sp³-hybridized carbons (Fsp3) is 0.250. The highest BCUT2D eigenvalue weighted by Gasteiger charge is 2.14. The van der Waals surface area contributed by atoms with E-state index in [1.54, 1.807) is 13.1 Å². The van der Waals surface area contributed by atoms with E-state index in [9.17, 15) is 9.18 Å². The van der Waals surface area contributed by atoms with Crippen LogP contribution in [0.2, 0.25) is 0 Å². The molecule has 2 aromatic rings. The van der Waals surface area contributed by atoms with E-state index in [4.69, 9.17) is 0 Å². The highest BCUT2D eigenvalue weighted by atomic mass is 19.1. The van der Waals surface area contributed by atoms with Gasteiger partial charge in [-0.15, -0.1) is 0 Å².